The minimum atomic E-state index is -1.62. The standard InChI is InChI=1S/C22H32N4O9/c1-11(27)17(23)20(32)25-15(10-13-6-4-3-5-7-13)19(31)26-18(12(2)28)21(33)24-14(22(34)35)8-9-16(29)30/h3-7,11-12,14-15,17-18,27-28H,8-10,23H2,1-2H3,(H,24,33)(H,25,32)(H,26,31)(H,29,30)(H,34,35). The van der Waals surface area contributed by atoms with Crippen LogP contribution < -0.4 is 21.7 Å². The zero-order valence-electron chi connectivity index (χ0n) is 19.4. The van der Waals surface area contributed by atoms with Gasteiger partial charge in [-0.15, -0.1) is 0 Å². The molecule has 6 unspecified atom stereocenters. The van der Waals surface area contributed by atoms with Crippen LogP contribution in [0.4, 0.5) is 0 Å². The summed E-state index contributed by atoms with van der Waals surface area (Å²) in [6.45, 7) is 2.49. The second kappa shape index (κ2) is 14.0. The quantitative estimate of drug-likeness (QED) is 0.138. The average molecular weight is 497 g/mol. The summed E-state index contributed by atoms with van der Waals surface area (Å²) in [6, 6.07) is 2.78. The first kappa shape index (κ1) is 29.5. The summed E-state index contributed by atoms with van der Waals surface area (Å²) in [4.78, 5) is 60.1. The summed E-state index contributed by atoms with van der Waals surface area (Å²) in [6.07, 6.45) is -3.64. The summed E-state index contributed by atoms with van der Waals surface area (Å²) >= 11 is 0. The number of hydrogen-bond acceptors (Lipinski definition) is 8. The van der Waals surface area contributed by atoms with Gasteiger partial charge in [-0.05, 0) is 25.8 Å². The van der Waals surface area contributed by atoms with Gasteiger partial charge in [0.2, 0.25) is 17.7 Å². The Labute approximate surface area is 201 Å². The highest BCUT2D eigenvalue weighted by atomic mass is 16.4. The van der Waals surface area contributed by atoms with Gasteiger partial charge in [0.05, 0.1) is 12.2 Å². The van der Waals surface area contributed by atoms with Crippen molar-refractivity contribution in [2.45, 2.75) is 69.5 Å². The maximum Gasteiger partial charge on any atom is 0.326 e. The molecule has 0 aliphatic heterocycles. The molecule has 0 bridgehead atoms. The molecule has 13 nitrogen and oxygen atoms in total. The van der Waals surface area contributed by atoms with Crippen LogP contribution >= 0.6 is 0 Å². The normalized spacial score (nSPS) is 16.0. The Kier molecular flexibility index (Phi) is 11.8. The van der Waals surface area contributed by atoms with Gasteiger partial charge in [0.15, 0.2) is 0 Å². The Balaban J connectivity index is 3.05. The number of carbonyl (C=O) groups excluding carboxylic acids is 3. The van der Waals surface area contributed by atoms with Gasteiger partial charge in [0, 0.05) is 12.8 Å². The molecule has 0 heterocycles. The van der Waals surface area contributed by atoms with Crippen LogP contribution in [0.1, 0.15) is 32.3 Å². The van der Waals surface area contributed by atoms with Crippen LogP contribution in [0.3, 0.4) is 0 Å². The van der Waals surface area contributed by atoms with E-state index >= 15 is 0 Å². The molecule has 13 heteroatoms. The SMILES string of the molecule is CC(O)C(N)C(=O)NC(Cc1ccccc1)C(=O)NC(C(=O)NC(CCC(=O)O)C(=O)O)C(C)O. The van der Waals surface area contributed by atoms with Crippen molar-refractivity contribution in [3.8, 4) is 0 Å². The van der Waals surface area contributed by atoms with Crippen molar-refractivity contribution in [3.05, 3.63) is 35.9 Å². The molecule has 1 aromatic carbocycles. The van der Waals surface area contributed by atoms with E-state index in [2.05, 4.69) is 16.0 Å². The molecule has 0 aromatic heterocycles. The largest absolute Gasteiger partial charge is 0.481 e. The van der Waals surface area contributed by atoms with Crippen LogP contribution in [0.15, 0.2) is 30.3 Å². The monoisotopic (exact) mass is 496 g/mol. The van der Waals surface area contributed by atoms with Gasteiger partial charge >= 0.3 is 11.9 Å². The lowest BCUT2D eigenvalue weighted by atomic mass is 10.0. The number of aliphatic hydroxyl groups is 2. The number of carboxylic acid groups (broad SMARTS) is 2. The van der Waals surface area contributed by atoms with Gasteiger partial charge in [0.1, 0.15) is 24.2 Å². The van der Waals surface area contributed by atoms with E-state index in [-0.39, 0.29) is 6.42 Å². The highest BCUT2D eigenvalue weighted by Gasteiger charge is 2.33. The number of nitrogens with one attached hydrogen (secondary N) is 3. The fraction of sp³-hybridized carbons (Fsp3) is 0.500. The van der Waals surface area contributed by atoms with E-state index in [4.69, 9.17) is 10.8 Å². The third-order valence-corrected chi connectivity index (χ3v) is 5.06. The van der Waals surface area contributed by atoms with Crippen LogP contribution in [0.25, 0.3) is 0 Å². The van der Waals surface area contributed by atoms with Gasteiger partial charge in [-0.25, -0.2) is 4.79 Å². The molecule has 0 fully saturated rings. The van der Waals surface area contributed by atoms with E-state index in [9.17, 15) is 39.3 Å². The highest BCUT2D eigenvalue weighted by Crippen LogP contribution is 2.07. The molecular formula is C22H32N4O9. The maximum absolute atomic E-state index is 13.0. The third kappa shape index (κ3) is 10.1. The maximum atomic E-state index is 13.0. The number of benzene rings is 1. The Morgan fingerprint density at radius 3 is 1.89 bits per heavy atom. The number of aliphatic hydroxyl groups excluding tert-OH is 2. The molecule has 194 valence electrons. The lowest BCUT2D eigenvalue weighted by Gasteiger charge is -2.27. The zero-order valence-corrected chi connectivity index (χ0v) is 19.4. The lowest BCUT2D eigenvalue weighted by molar-refractivity contribution is -0.144. The molecule has 0 spiro atoms. The molecule has 0 radical (unpaired) electrons. The number of nitrogens with two attached hydrogens (primary N) is 1. The summed E-state index contributed by atoms with van der Waals surface area (Å²) < 4.78 is 0. The Morgan fingerprint density at radius 1 is 0.829 bits per heavy atom. The van der Waals surface area contributed by atoms with E-state index in [1.54, 1.807) is 30.3 Å². The number of hydrogen-bond donors (Lipinski definition) is 8. The molecular weight excluding hydrogens is 464 g/mol. The molecule has 9 N–H and O–H groups in total. The van der Waals surface area contributed by atoms with Crippen molar-refractivity contribution < 1.29 is 44.4 Å². The first-order valence-corrected chi connectivity index (χ1v) is 10.8. The third-order valence-electron chi connectivity index (χ3n) is 5.06. The zero-order chi connectivity index (χ0) is 26.7. The number of carboxylic acids is 2. The second-order valence-electron chi connectivity index (χ2n) is 8.08. The van der Waals surface area contributed by atoms with E-state index in [1.807, 2.05) is 0 Å². The minimum Gasteiger partial charge on any atom is -0.481 e. The first-order chi connectivity index (χ1) is 16.3. The molecule has 6 atom stereocenters. The fourth-order valence-corrected chi connectivity index (χ4v) is 2.99. The Hall–Kier alpha value is -3.55. The number of carbonyl (C=O) groups is 5. The summed E-state index contributed by atoms with van der Waals surface area (Å²) in [7, 11) is 0. The van der Waals surface area contributed by atoms with Crippen molar-refractivity contribution >= 4 is 29.7 Å². The molecule has 0 saturated heterocycles. The minimum absolute atomic E-state index is 0.0184. The van der Waals surface area contributed by atoms with Crippen molar-refractivity contribution in [1.29, 1.82) is 0 Å². The molecule has 35 heavy (non-hydrogen) atoms. The Bertz CT molecular complexity index is 892. The van der Waals surface area contributed by atoms with E-state index in [0.717, 1.165) is 0 Å². The topological polar surface area (TPSA) is 228 Å². The van der Waals surface area contributed by atoms with Crippen LogP contribution in [-0.2, 0) is 30.4 Å². The molecule has 1 rings (SSSR count). The predicted molar refractivity (Wildman–Crippen MR) is 122 cm³/mol. The number of rotatable bonds is 14. The summed E-state index contributed by atoms with van der Waals surface area (Å²) in [5.74, 6) is -5.51. The lowest BCUT2D eigenvalue weighted by Crippen LogP contribution is -2.60. The fourth-order valence-electron chi connectivity index (χ4n) is 2.99. The van der Waals surface area contributed by atoms with Crippen molar-refractivity contribution in [1.82, 2.24) is 16.0 Å². The molecule has 0 aliphatic rings. The van der Waals surface area contributed by atoms with Crippen molar-refractivity contribution in [2.75, 3.05) is 0 Å². The van der Waals surface area contributed by atoms with E-state index in [1.165, 1.54) is 13.8 Å². The summed E-state index contributed by atoms with van der Waals surface area (Å²) in [5.41, 5.74) is 6.29. The van der Waals surface area contributed by atoms with Gasteiger partial charge < -0.3 is 42.1 Å². The van der Waals surface area contributed by atoms with Crippen LogP contribution in [0, 0.1) is 0 Å². The van der Waals surface area contributed by atoms with Crippen molar-refractivity contribution in [3.63, 3.8) is 0 Å². The predicted octanol–water partition coefficient (Wildman–Crippen LogP) is -2.28. The molecule has 0 aliphatic carbocycles. The Morgan fingerprint density at radius 2 is 1.40 bits per heavy atom. The highest BCUT2D eigenvalue weighted by molar-refractivity contribution is 5.94. The number of amides is 3. The van der Waals surface area contributed by atoms with Gasteiger partial charge in [-0.1, -0.05) is 30.3 Å². The summed E-state index contributed by atoms with van der Waals surface area (Å²) in [5, 5.41) is 44.4. The molecule has 1 aromatic rings. The van der Waals surface area contributed by atoms with Crippen LogP contribution in [0.5, 0.6) is 0 Å². The van der Waals surface area contributed by atoms with Crippen molar-refractivity contribution in [2.24, 2.45) is 5.73 Å². The molecule has 3 amide bonds. The van der Waals surface area contributed by atoms with Crippen LogP contribution in [-0.4, -0.2) is 86.5 Å². The first-order valence-electron chi connectivity index (χ1n) is 10.8. The van der Waals surface area contributed by atoms with Crippen LogP contribution in [0.2, 0.25) is 0 Å². The van der Waals surface area contributed by atoms with Gasteiger partial charge in [-0.3, -0.25) is 19.2 Å². The van der Waals surface area contributed by atoms with E-state index < -0.39 is 78.9 Å². The molecule has 0 saturated carbocycles. The average Bonchev–Trinajstić information content (AvgIpc) is 2.78. The van der Waals surface area contributed by atoms with E-state index in [0.29, 0.717) is 5.56 Å². The van der Waals surface area contributed by atoms with Gasteiger partial charge in [0.25, 0.3) is 0 Å². The number of aliphatic carboxylic acids is 2. The van der Waals surface area contributed by atoms with Gasteiger partial charge in [-0.2, -0.15) is 0 Å². The second-order valence-corrected chi connectivity index (χ2v) is 8.08. The smallest absolute Gasteiger partial charge is 0.326 e.